The van der Waals surface area contributed by atoms with Gasteiger partial charge in [-0.05, 0) is 25.8 Å². The van der Waals surface area contributed by atoms with Crippen LogP contribution in [0.15, 0.2) is 35.5 Å². The Bertz CT molecular complexity index is 754. The van der Waals surface area contributed by atoms with Crippen molar-refractivity contribution in [3.8, 4) is 0 Å². The molecular formula is C17H23NO5S. The van der Waals surface area contributed by atoms with Crippen LogP contribution in [0.5, 0.6) is 0 Å². The van der Waals surface area contributed by atoms with Gasteiger partial charge in [0, 0.05) is 12.3 Å². The second kappa shape index (κ2) is 6.20. The lowest BCUT2D eigenvalue weighted by atomic mass is 9.85. The Labute approximate surface area is 142 Å². The van der Waals surface area contributed by atoms with Crippen LogP contribution in [0.2, 0.25) is 0 Å². The number of carboxylic acid groups (broad SMARTS) is 1. The van der Waals surface area contributed by atoms with Gasteiger partial charge >= 0.3 is 5.97 Å². The molecule has 1 heterocycles. The zero-order chi connectivity index (χ0) is 18.2. The summed E-state index contributed by atoms with van der Waals surface area (Å²) < 4.78 is 24.5. The maximum absolute atomic E-state index is 13.2. The molecule has 0 amide bonds. The van der Waals surface area contributed by atoms with Crippen LogP contribution < -0.4 is 0 Å². The summed E-state index contributed by atoms with van der Waals surface area (Å²) in [7, 11) is -4.20. The van der Waals surface area contributed by atoms with Crippen LogP contribution in [0.1, 0.15) is 52.0 Å². The monoisotopic (exact) mass is 353 g/mol. The summed E-state index contributed by atoms with van der Waals surface area (Å²) in [6.45, 7) is 6.64. The van der Waals surface area contributed by atoms with Crippen molar-refractivity contribution in [3.05, 3.63) is 35.9 Å². The van der Waals surface area contributed by atoms with E-state index in [1.165, 1.54) is 0 Å². The summed E-state index contributed by atoms with van der Waals surface area (Å²) in [5.74, 6) is -2.11. The normalized spacial score (nSPS) is 20.6. The number of hydrogen-bond donors (Lipinski definition) is 1. The number of rotatable bonds is 5. The molecule has 7 heteroatoms. The van der Waals surface area contributed by atoms with E-state index < -0.39 is 32.1 Å². The molecule has 0 aliphatic carbocycles. The first-order valence-corrected chi connectivity index (χ1v) is 9.35. The second-order valence-electron chi connectivity index (χ2n) is 6.70. The Balaban J connectivity index is 2.59. The fourth-order valence-corrected chi connectivity index (χ4v) is 5.45. The maximum Gasteiger partial charge on any atom is 0.326 e. The largest absolute Gasteiger partial charge is 0.480 e. The van der Waals surface area contributed by atoms with Crippen LogP contribution in [0.4, 0.5) is 0 Å². The molecule has 0 spiro atoms. The number of carboxylic acids is 1. The molecule has 1 aromatic rings. The molecule has 24 heavy (non-hydrogen) atoms. The average molecular weight is 353 g/mol. The van der Waals surface area contributed by atoms with Gasteiger partial charge < -0.3 is 9.94 Å². The van der Waals surface area contributed by atoms with Crippen molar-refractivity contribution in [2.24, 2.45) is 5.16 Å². The van der Waals surface area contributed by atoms with E-state index in [-0.39, 0.29) is 17.9 Å². The minimum absolute atomic E-state index is 0.0614. The van der Waals surface area contributed by atoms with E-state index in [1.54, 1.807) is 58.0 Å². The zero-order valence-corrected chi connectivity index (χ0v) is 15.1. The fraction of sp³-hybridized carbons (Fsp3) is 0.529. The lowest BCUT2D eigenvalue weighted by Crippen LogP contribution is -2.52. The highest BCUT2D eigenvalue weighted by Crippen LogP contribution is 2.41. The molecule has 0 radical (unpaired) electrons. The van der Waals surface area contributed by atoms with Gasteiger partial charge in [-0.1, -0.05) is 49.3 Å². The summed E-state index contributed by atoms with van der Waals surface area (Å²) in [5, 5.41) is 13.4. The number of sulfone groups is 1. The number of carbonyl (C=O) groups is 1. The van der Waals surface area contributed by atoms with E-state index in [0.717, 1.165) is 0 Å². The molecule has 2 unspecified atom stereocenters. The molecule has 1 N–H and O–H groups in total. The molecule has 2 atom stereocenters. The highest BCUT2D eigenvalue weighted by Gasteiger charge is 2.57. The van der Waals surface area contributed by atoms with Crippen molar-refractivity contribution in [2.75, 3.05) is 0 Å². The third-order valence-corrected chi connectivity index (χ3v) is 7.26. The molecule has 0 bridgehead atoms. The van der Waals surface area contributed by atoms with Crippen LogP contribution in [-0.2, 0) is 19.5 Å². The molecule has 2 rings (SSSR count). The first-order valence-electron chi connectivity index (χ1n) is 7.86. The standard InChI is InChI=1S/C17H23NO5S/c1-5-17(15(19)20,12(2)13-9-7-6-8-10-13)24(21,22)14-11-16(3,4)23-18-14/h6-10,12H,5,11H2,1-4H3,(H,19,20). The lowest BCUT2D eigenvalue weighted by Gasteiger charge is -2.33. The Kier molecular flexibility index (Phi) is 4.77. The maximum atomic E-state index is 13.2. The van der Waals surface area contributed by atoms with Crippen LogP contribution >= 0.6 is 0 Å². The van der Waals surface area contributed by atoms with E-state index in [4.69, 9.17) is 4.84 Å². The summed E-state index contributed by atoms with van der Waals surface area (Å²) in [6, 6.07) is 8.81. The molecule has 1 aliphatic heterocycles. The van der Waals surface area contributed by atoms with E-state index in [2.05, 4.69) is 5.16 Å². The van der Waals surface area contributed by atoms with E-state index in [0.29, 0.717) is 5.56 Å². The molecule has 1 aliphatic rings. The fourth-order valence-electron chi connectivity index (χ4n) is 3.15. The summed E-state index contributed by atoms with van der Waals surface area (Å²) >= 11 is 0. The SMILES string of the molecule is CCC(C(=O)O)(C(C)c1ccccc1)S(=O)(=O)C1=NOC(C)(C)C1. The van der Waals surface area contributed by atoms with Crippen molar-refractivity contribution < 1.29 is 23.2 Å². The highest BCUT2D eigenvalue weighted by atomic mass is 32.2. The van der Waals surface area contributed by atoms with Crippen LogP contribution in [0.3, 0.4) is 0 Å². The smallest absolute Gasteiger partial charge is 0.326 e. The molecule has 132 valence electrons. The zero-order valence-electron chi connectivity index (χ0n) is 14.3. The van der Waals surface area contributed by atoms with E-state index in [1.807, 2.05) is 0 Å². The van der Waals surface area contributed by atoms with E-state index >= 15 is 0 Å². The van der Waals surface area contributed by atoms with Crippen molar-refractivity contribution in [3.63, 3.8) is 0 Å². The Morgan fingerprint density at radius 2 is 1.96 bits per heavy atom. The first-order chi connectivity index (χ1) is 11.1. The summed E-state index contributed by atoms with van der Waals surface area (Å²) in [4.78, 5) is 17.3. The highest BCUT2D eigenvalue weighted by molar-refractivity contribution is 8.08. The van der Waals surface area contributed by atoms with Crippen molar-refractivity contribution in [1.29, 1.82) is 0 Å². The molecule has 6 nitrogen and oxygen atoms in total. The molecule has 0 aromatic heterocycles. The van der Waals surface area contributed by atoms with Gasteiger partial charge in [0.15, 0.2) is 9.79 Å². The summed E-state index contributed by atoms with van der Waals surface area (Å²) in [5.41, 5.74) is -0.0970. The van der Waals surface area contributed by atoms with E-state index in [9.17, 15) is 18.3 Å². The Morgan fingerprint density at radius 3 is 2.38 bits per heavy atom. The molecule has 1 aromatic carbocycles. The number of benzene rings is 1. The third kappa shape index (κ3) is 2.81. The predicted molar refractivity (Wildman–Crippen MR) is 91.7 cm³/mol. The Hall–Kier alpha value is -1.89. The first kappa shape index (κ1) is 18.4. The second-order valence-corrected chi connectivity index (χ2v) is 8.90. The third-order valence-electron chi connectivity index (χ3n) is 4.65. The molecule has 0 saturated heterocycles. The van der Waals surface area contributed by atoms with Crippen molar-refractivity contribution >= 4 is 20.9 Å². The van der Waals surface area contributed by atoms with Gasteiger partial charge in [-0.3, -0.25) is 4.79 Å². The topological polar surface area (TPSA) is 93.0 Å². The van der Waals surface area contributed by atoms with Crippen LogP contribution in [0, 0.1) is 0 Å². The van der Waals surface area contributed by atoms with Gasteiger partial charge in [-0.25, -0.2) is 8.42 Å². The minimum Gasteiger partial charge on any atom is -0.480 e. The molecule has 0 saturated carbocycles. The predicted octanol–water partition coefficient (Wildman–Crippen LogP) is 2.95. The summed E-state index contributed by atoms with van der Waals surface area (Å²) in [6.07, 6.45) is -0.00789. The number of oxime groups is 1. The van der Waals surface area contributed by atoms with Gasteiger partial charge in [0.05, 0.1) is 0 Å². The van der Waals surface area contributed by atoms with Crippen molar-refractivity contribution in [2.45, 2.75) is 56.8 Å². The molecular weight excluding hydrogens is 330 g/mol. The minimum atomic E-state index is -4.20. The Morgan fingerprint density at radius 1 is 1.38 bits per heavy atom. The van der Waals surface area contributed by atoms with Gasteiger partial charge in [-0.2, -0.15) is 0 Å². The van der Waals surface area contributed by atoms with Gasteiger partial charge in [0.25, 0.3) is 0 Å². The number of hydrogen-bond acceptors (Lipinski definition) is 5. The van der Waals surface area contributed by atoms with Gasteiger partial charge in [-0.15, -0.1) is 0 Å². The number of aliphatic carboxylic acids is 1. The van der Waals surface area contributed by atoms with Gasteiger partial charge in [0.2, 0.25) is 9.84 Å². The van der Waals surface area contributed by atoms with Crippen LogP contribution in [0.25, 0.3) is 0 Å². The lowest BCUT2D eigenvalue weighted by molar-refractivity contribution is -0.140. The van der Waals surface area contributed by atoms with Gasteiger partial charge in [0.1, 0.15) is 5.60 Å². The number of nitrogens with zero attached hydrogens (tertiary/aromatic N) is 1. The molecule has 0 fully saturated rings. The van der Waals surface area contributed by atoms with Crippen LogP contribution in [-0.4, -0.2) is 34.9 Å². The van der Waals surface area contributed by atoms with Crippen molar-refractivity contribution in [1.82, 2.24) is 0 Å². The average Bonchev–Trinajstić information content (AvgIpc) is 2.89. The quantitative estimate of drug-likeness (QED) is 0.878.